The fraction of sp³-hybridized carbons (Fsp3) is 0.358. The molecule has 1 unspecified atom stereocenters. The molecular formula is C67H81ClN11O8P. The molecule has 0 bridgehead atoms. The molecule has 21 heteroatoms. The molecule has 1 aromatic heterocycles. The minimum atomic E-state index is -4.21. The summed E-state index contributed by atoms with van der Waals surface area (Å²) in [6.45, 7) is 14.8. The van der Waals surface area contributed by atoms with Crippen molar-refractivity contribution in [2.24, 2.45) is 5.73 Å². The molecule has 464 valence electrons. The average molecular weight is 1230 g/mol. The van der Waals surface area contributed by atoms with Gasteiger partial charge in [0.1, 0.15) is 35.9 Å². The quantitative estimate of drug-likeness (QED) is 0.00900. The Morgan fingerprint density at radius 1 is 0.750 bits per heavy atom. The number of nitrogens with zero attached hydrogens (tertiary/aromatic N) is 7. The molecule has 0 spiro atoms. The van der Waals surface area contributed by atoms with Crippen LogP contribution in [-0.2, 0) is 33.5 Å². The molecule has 5 N–H and O–H groups in total. The van der Waals surface area contributed by atoms with Gasteiger partial charge >= 0.3 is 13.7 Å². The summed E-state index contributed by atoms with van der Waals surface area (Å²) in [6.07, 6.45) is 7.26. The van der Waals surface area contributed by atoms with Gasteiger partial charge in [0.05, 0.1) is 18.4 Å². The van der Waals surface area contributed by atoms with Gasteiger partial charge in [0, 0.05) is 110 Å². The lowest BCUT2D eigenvalue weighted by atomic mass is 9.90. The number of unbranched alkanes of at least 4 members (excludes halogenated alkanes) is 4. The number of anilines is 2. The molecule has 3 heterocycles. The first-order valence-corrected chi connectivity index (χ1v) is 32.1. The summed E-state index contributed by atoms with van der Waals surface area (Å²) in [7, 11) is -4.21. The van der Waals surface area contributed by atoms with E-state index >= 15 is 0 Å². The molecule has 1 aliphatic carbocycles. The van der Waals surface area contributed by atoms with E-state index in [-0.39, 0.29) is 43.2 Å². The number of alkyl carbamates (subject to hydrolysis) is 1. The first-order valence-electron chi connectivity index (χ1n) is 30.5. The molecule has 3 aliphatic rings. The third-order valence-electron chi connectivity index (χ3n) is 15.7. The second-order valence-corrected chi connectivity index (χ2v) is 23.6. The van der Waals surface area contributed by atoms with Gasteiger partial charge in [-0.15, -0.1) is 5.10 Å². The van der Waals surface area contributed by atoms with Crippen molar-refractivity contribution in [2.75, 3.05) is 69.2 Å². The summed E-state index contributed by atoms with van der Waals surface area (Å²) in [5.41, 5.74) is 12.8. The van der Waals surface area contributed by atoms with Crippen molar-refractivity contribution in [1.29, 1.82) is 5.41 Å². The molecule has 88 heavy (non-hydrogen) atoms. The van der Waals surface area contributed by atoms with Crippen LogP contribution in [0.4, 0.5) is 16.2 Å². The summed E-state index contributed by atoms with van der Waals surface area (Å²) in [5.74, 6) is 0.0590. The van der Waals surface area contributed by atoms with Crippen LogP contribution >= 0.6 is 7.60 Å². The molecule has 3 amide bonds. The number of guanidine groups is 1. The highest BCUT2D eigenvalue weighted by Gasteiger charge is 2.41. The van der Waals surface area contributed by atoms with E-state index in [1.807, 2.05) is 57.1 Å². The van der Waals surface area contributed by atoms with Crippen molar-refractivity contribution in [3.8, 4) is 33.9 Å². The number of para-hydroxylation sites is 2. The molecule has 19 nitrogen and oxygen atoms in total. The van der Waals surface area contributed by atoms with Crippen LogP contribution in [0.25, 0.3) is 33.4 Å². The smallest absolute Gasteiger partial charge is 0.453 e. The predicted molar refractivity (Wildman–Crippen MR) is 342 cm³/mol. The highest BCUT2D eigenvalue weighted by Crippen LogP contribution is 2.53. The molecule has 6 aromatic rings. The normalized spacial score (nSPS) is 12.7. The molecule has 9 rings (SSSR count). The number of hydrogen-bond donors (Lipinski definition) is 4. The Labute approximate surface area is 521 Å². The number of piperazine rings is 1. The van der Waals surface area contributed by atoms with Gasteiger partial charge in [0.2, 0.25) is 11.3 Å². The van der Waals surface area contributed by atoms with Crippen molar-refractivity contribution in [3.63, 3.8) is 0 Å². The summed E-state index contributed by atoms with van der Waals surface area (Å²) < 4.78 is 43.6. The zero-order valence-electron chi connectivity index (χ0n) is 50.7. The van der Waals surface area contributed by atoms with Gasteiger partial charge in [-0.1, -0.05) is 91.2 Å². The van der Waals surface area contributed by atoms with Crippen molar-refractivity contribution in [1.82, 2.24) is 34.7 Å². The first kappa shape index (κ1) is 65.3. The van der Waals surface area contributed by atoms with Gasteiger partial charge in [0.15, 0.2) is 11.7 Å². The van der Waals surface area contributed by atoms with E-state index in [0.717, 1.165) is 108 Å². The molecule has 0 radical (unpaired) electrons. The Morgan fingerprint density at radius 3 is 2.07 bits per heavy atom. The lowest BCUT2D eigenvalue weighted by Crippen LogP contribution is -3.00. The Bertz CT molecular complexity index is 3630. The Balaban J connectivity index is 0.0000100. The van der Waals surface area contributed by atoms with Crippen molar-refractivity contribution >= 4 is 53.8 Å². The fourth-order valence-corrected chi connectivity index (χ4v) is 12.9. The van der Waals surface area contributed by atoms with Gasteiger partial charge in [0.25, 0.3) is 5.91 Å². The van der Waals surface area contributed by atoms with E-state index in [1.54, 1.807) is 72.8 Å². The first-order chi connectivity index (χ1) is 42.3. The number of amides is 3. The number of carbonyl (C=O) groups excluding carboxylic acids is 3. The van der Waals surface area contributed by atoms with Gasteiger partial charge in [-0.05, 0) is 125 Å². The fourth-order valence-electron chi connectivity index (χ4n) is 11.1. The number of carbonyl (C=O) groups is 3. The monoisotopic (exact) mass is 1230 g/mol. The zero-order chi connectivity index (χ0) is 61.1. The summed E-state index contributed by atoms with van der Waals surface area (Å²) >= 11 is 0. The maximum Gasteiger partial charge on any atom is 0.453 e. The molecule has 5 aromatic carbocycles. The average Bonchev–Trinajstić information content (AvgIpc) is 0.941. The Morgan fingerprint density at radius 2 is 1.40 bits per heavy atom. The molecule has 1 fully saturated rings. The van der Waals surface area contributed by atoms with Gasteiger partial charge in [-0.2, -0.15) is 0 Å². The topological polar surface area (TPSA) is 226 Å². The molecular weight excluding hydrogens is 1150 g/mol. The number of nitrogens with one attached hydrogen (secondary N) is 3. The van der Waals surface area contributed by atoms with E-state index in [9.17, 15) is 18.9 Å². The third-order valence-corrected chi connectivity index (χ3v) is 17.8. The van der Waals surface area contributed by atoms with Crippen LogP contribution in [0.3, 0.4) is 0 Å². The van der Waals surface area contributed by atoms with E-state index in [2.05, 4.69) is 94.5 Å². The Kier molecular flexibility index (Phi) is 23.6. The van der Waals surface area contributed by atoms with Crippen LogP contribution in [-0.4, -0.2) is 113 Å². The van der Waals surface area contributed by atoms with Gasteiger partial charge in [-0.25, -0.2) is 13.9 Å². The van der Waals surface area contributed by atoms with Crippen LogP contribution in [0.5, 0.6) is 11.5 Å². The SMILES string of the molecule is CCN(CC)c1ccc2c(-c3ccccc3C(=O)N3CCN(C(=O)CCCCCCCn4cc(CCCOC(=O)NC(Cc5ccc(NC(=N)N)cc5)P(=O)(Oc5ccccc5)Oc5ccccc5)nn4)CC3)c3ccc(=[N+](CC)CC)cc-3oc2c1.[Cl-]. The highest BCUT2D eigenvalue weighted by atomic mass is 35.5. The molecule has 1 saturated heterocycles. The molecule has 1 atom stereocenters. The summed E-state index contributed by atoms with van der Waals surface area (Å²) in [4.78, 5) is 47.6. The van der Waals surface area contributed by atoms with Crippen molar-refractivity contribution in [2.45, 2.75) is 97.8 Å². The second-order valence-electron chi connectivity index (χ2n) is 21.6. The Hall–Kier alpha value is -8.67. The standard InChI is InChI=1S/C67H80N11O8P.ClH/c1-5-74(6-2)52-35-37-58-60(46-52)84-61-47-53(75(7-3)8-4)36-38-59(61)64(58)56-28-19-20-29-57(56)65(80)77-42-40-76(41-43-77)63(79)30-18-10-9-11-21-39-78-48-51(72-73-78)23-22-44-83-67(81)71-62(45-49-31-33-50(34-32-49)70-66(68)69)87(82,85-54-24-14-12-15-25-54)86-55-26-16-13-17-27-55;/h12-17,19-20,24-29,31-38,46-48,62H,5-11,18,21-23,30,39-45H2,1-4H3,(H4-,68,69,70,71,81);1H. The summed E-state index contributed by atoms with van der Waals surface area (Å²) in [5, 5.41) is 23.8. The van der Waals surface area contributed by atoms with Gasteiger partial charge < -0.3 is 61.7 Å². The largest absolute Gasteiger partial charge is 1.00 e. The van der Waals surface area contributed by atoms with Crippen LogP contribution in [0.15, 0.2) is 156 Å². The molecule has 0 saturated carbocycles. The zero-order valence-corrected chi connectivity index (χ0v) is 52.4. The lowest BCUT2D eigenvalue weighted by molar-refractivity contribution is -0.132. The van der Waals surface area contributed by atoms with Crippen LogP contribution < -0.4 is 52.7 Å². The number of aryl methyl sites for hydroxylation is 2. The van der Waals surface area contributed by atoms with Crippen molar-refractivity contribution in [3.05, 3.63) is 174 Å². The van der Waals surface area contributed by atoms with Crippen LogP contribution in [0, 0.1) is 5.41 Å². The number of nitrogens with two attached hydrogens (primary N) is 1. The van der Waals surface area contributed by atoms with E-state index < -0.39 is 19.5 Å². The number of aromatic nitrogens is 3. The summed E-state index contributed by atoms with van der Waals surface area (Å²) in [6, 6.07) is 44.9. The van der Waals surface area contributed by atoms with E-state index in [0.29, 0.717) is 80.3 Å². The second kappa shape index (κ2) is 31.8. The lowest BCUT2D eigenvalue weighted by Gasteiger charge is -2.35. The number of rotatable bonds is 28. The third kappa shape index (κ3) is 17.1. The maximum absolute atomic E-state index is 14.9. The number of benzene rings is 6. The maximum atomic E-state index is 14.9. The number of ether oxygens (including phenoxy) is 1. The number of halogens is 1. The highest BCUT2D eigenvalue weighted by molar-refractivity contribution is 7.55. The molecule has 2 aliphatic heterocycles. The number of hydrogen-bond acceptors (Lipinski definition) is 12. The van der Waals surface area contributed by atoms with E-state index in [1.165, 1.54) is 0 Å². The minimum Gasteiger partial charge on any atom is -1.00 e. The minimum absolute atomic E-state index is 0. The van der Waals surface area contributed by atoms with Crippen molar-refractivity contribution < 1.29 is 49.6 Å². The van der Waals surface area contributed by atoms with E-state index in [4.69, 9.17) is 29.3 Å². The van der Waals surface area contributed by atoms with Crippen LogP contribution in [0.1, 0.15) is 94.3 Å². The predicted octanol–water partition coefficient (Wildman–Crippen LogP) is 8.67. The van der Waals surface area contributed by atoms with Gasteiger partial charge in [-0.3, -0.25) is 19.7 Å². The van der Waals surface area contributed by atoms with Crippen LogP contribution in [0.2, 0.25) is 0 Å². The number of fused-ring (bicyclic) bond motifs is 2.